The van der Waals surface area contributed by atoms with Crippen LogP contribution in [-0.4, -0.2) is 65.8 Å². The fraction of sp³-hybridized carbons (Fsp3) is 0.333. The van der Waals surface area contributed by atoms with E-state index in [1.807, 2.05) is 37.3 Å². The Labute approximate surface area is 217 Å². The van der Waals surface area contributed by atoms with Gasteiger partial charge >= 0.3 is 0 Å². The van der Waals surface area contributed by atoms with Gasteiger partial charge in [-0.1, -0.05) is 54.6 Å². The summed E-state index contributed by atoms with van der Waals surface area (Å²) in [6, 6.07) is 24.5. The van der Waals surface area contributed by atoms with Gasteiger partial charge in [0.25, 0.3) is 5.91 Å². The van der Waals surface area contributed by atoms with Crippen LogP contribution >= 0.6 is 0 Å². The molecule has 2 aliphatic heterocycles. The number of hydrogen-bond acceptors (Lipinski definition) is 5. The van der Waals surface area contributed by atoms with E-state index < -0.39 is 0 Å². The molecule has 0 radical (unpaired) electrons. The lowest BCUT2D eigenvalue weighted by molar-refractivity contribution is -0.134. The van der Waals surface area contributed by atoms with Gasteiger partial charge in [-0.25, -0.2) is 9.40 Å². The number of carbonyl (C=O) groups excluding carboxylic acids is 1. The maximum absolute atomic E-state index is 13.5. The Balaban J connectivity index is 1.27. The summed E-state index contributed by atoms with van der Waals surface area (Å²) in [6.45, 7) is 7.35. The van der Waals surface area contributed by atoms with Gasteiger partial charge in [-0.05, 0) is 47.9 Å². The first-order chi connectivity index (χ1) is 18.1. The Bertz CT molecular complexity index is 1210. The standard InChI is InChI=1S/C30H33FN4O2/c1-2-37-27-14-10-25(11-15-27)29-20-28(24-8-12-26(31)13-9-24)32-35(29)30(36)22-34-18-16-33(17-19-34)21-23-6-4-3-5-7-23/h3-15,29H,2,16-22H2,1H3/t29-/m1/s1. The number of hydrogen-bond donors (Lipinski definition) is 0. The van der Waals surface area contributed by atoms with Crippen molar-refractivity contribution in [2.45, 2.75) is 25.9 Å². The van der Waals surface area contributed by atoms with Crippen molar-refractivity contribution in [1.29, 1.82) is 0 Å². The molecule has 0 spiro atoms. The molecular weight excluding hydrogens is 467 g/mol. The number of rotatable bonds is 8. The minimum absolute atomic E-state index is 0.0208. The molecular formula is C30H33FN4O2. The Hall–Kier alpha value is -3.55. The highest BCUT2D eigenvalue weighted by atomic mass is 19.1. The third-order valence-corrected chi connectivity index (χ3v) is 6.99. The third kappa shape index (κ3) is 6.24. The molecule has 2 heterocycles. The van der Waals surface area contributed by atoms with Gasteiger partial charge < -0.3 is 4.74 Å². The Kier molecular flexibility index (Phi) is 7.92. The van der Waals surface area contributed by atoms with Crippen LogP contribution in [0, 0.1) is 5.82 Å². The van der Waals surface area contributed by atoms with E-state index in [1.165, 1.54) is 17.7 Å². The smallest absolute Gasteiger partial charge is 0.257 e. The molecule has 1 saturated heterocycles. The van der Waals surface area contributed by atoms with Gasteiger partial charge in [0, 0.05) is 39.1 Å². The summed E-state index contributed by atoms with van der Waals surface area (Å²) in [5.41, 5.74) is 3.94. The average Bonchev–Trinajstić information content (AvgIpc) is 3.37. The van der Waals surface area contributed by atoms with E-state index in [2.05, 4.69) is 34.1 Å². The van der Waals surface area contributed by atoms with Crippen molar-refractivity contribution in [3.8, 4) is 5.75 Å². The number of hydrazone groups is 1. The molecule has 0 unspecified atom stereocenters. The topological polar surface area (TPSA) is 48.4 Å². The first-order valence-corrected chi connectivity index (χ1v) is 13.0. The number of nitrogens with zero attached hydrogens (tertiary/aromatic N) is 4. The molecule has 2 aliphatic rings. The molecule has 0 bridgehead atoms. The summed E-state index contributed by atoms with van der Waals surface area (Å²) in [5, 5.41) is 6.38. The summed E-state index contributed by atoms with van der Waals surface area (Å²) in [5.74, 6) is 0.493. The Morgan fingerprint density at radius 3 is 2.27 bits per heavy atom. The van der Waals surface area contributed by atoms with Gasteiger partial charge in [-0.3, -0.25) is 14.6 Å². The van der Waals surface area contributed by atoms with Crippen LogP contribution in [0.4, 0.5) is 4.39 Å². The van der Waals surface area contributed by atoms with Crippen LogP contribution in [0.1, 0.15) is 36.1 Å². The zero-order valence-electron chi connectivity index (χ0n) is 21.2. The molecule has 3 aromatic rings. The van der Waals surface area contributed by atoms with E-state index in [4.69, 9.17) is 9.84 Å². The van der Waals surface area contributed by atoms with E-state index in [-0.39, 0.29) is 17.8 Å². The number of benzene rings is 3. The number of piperazine rings is 1. The highest BCUT2D eigenvalue weighted by molar-refractivity contribution is 6.03. The lowest BCUT2D eigenvalue weighted by Gasteiger charge is -2.35. The molecule has 0 aliphatic carbocycles. The number of carbonyl (C=O) groups is 1. The number of ether oxygens (including phenoxy) is 1. The molecule has 3 aromatic carbocycles. The van der Waals surface area contributed by atoms with Crippen LogP contribution in [0.25, 0.3) is 0 Å². The quantitative estimate of drug-likeness (QED) is 0.449. The summed E-state index contributed by atoms with van der Waals surface area (Å²) in [4.78, 5) is 18.2. The molecule has 5 rings (SSSR count). The molecule has 0 aromatic heterocycles. The van der Waals surface area contributed by atoms with Crippen LogP contribution in [0.3, 0.4) is 0 Å². The molecule has 192 valence electrons. The van der Waals surface area contributed by atoms with E-state index in [0.29, 0.717) is 19.6 Å². The van der Waals surface area contributed by atoms with Crippen molar-refractivity contribution >= 4 is 11.6 Å². The van der Waals surface area contributed by atoms with Gasteiger partial charge in [-0.2, -0.15) is 5.10 Å². The predicted molar refractivity (Wildman–Crippen MR) is 143 cm³/mol. The zero-order valence-corrected chi connectivity index (χ0v) is 21.2. The lowest BCUT2D eigenvalue weighted by Crippen LogP contribution is -2.49. The summed E-state index contributed by atoms with van der Waals surface area (Å²) < 4.78 is 19.1. The zero-order chi connectivity index (χ0) is 25.6. The SMILES string of the molecule is CCOc1ccc([C@H]2CC(c3ccc(F)cc3)=NN2C(=O)CN2CCN(Cc3ccccc3)CC2)cc1. The van der Waals surface area contributed by atoms with E-state index in [9.17, 15) is 9.18 Å². The highest BCUT2D eigenvalue weighted by Gasteiger charge is 2.34. The summed E-state index contributed by atoms with van der Waals surface area (Å²) in [7, 11) is 0. The van der Waals surface area contributed by atoms with Crippen molar-refractivity contribution in [2.24, 2.45) is 5.10 Å². The lowest BCUT2D eigenvalue weighted by atomic mass is 9.98. The van der Waals surface area contributed by atoms with E-state index in [1.54, 1.807) is 17.1 Å². The van der Waals surface area contributed by atoms with Gasteiger partial charge in [0.05, 0.1) is 24.9 Å². The third-order valence-electron chi connectivity index (χ3n) is 6.99. The molecule has 6 nitrogen and oxygen atoms in total. The van der Waals surface area contributed by atoms with E-state index in [0.717, 1.165) is 55.3 Å². The fourth-order valence-corrected chi connectivity index (χ4v) is 4.98. The maximum Gasteiger partial charge on any atom is 0.257 e. The first kappa shape index (κ1) is 25.1. The number of amides is 1. The molecule has 0 N–H and O–H groups in total. The fourth-order valence-electron chi connectivity index (χ4n) is 4.98. The van der Waals surface area contributed by atoms with Gasteiger partial charge in [0.1, 0.15) is 11.6 Å². The van der Waals surface area contributed by atoms with Crippen LogP contribution in [0.15, 0.2) is 84.0 Å². The van der Waals surface area contributed by atoms with E-state index >= 15 is 0 Å². The van der Waals surface area contributed by atoms with Gasteiger partial charge in [0.2, 0.25) is 0 Å². The highest BCUT2D eigenvalue weighted by Crippen LogP contribution is 2.34. The Morgan fingerprint density at radius 1 is 0.919 bits per heavy atom. The second kappa shape index (κ2) is 11.7. The normalized spacial score (nSPS) is 18.6. The average molecular weight is 501 g/mol. The second-order valence-corrected chi connectivity index (χ2v) is 9.55. The van der Waals surface area contributed by atoms with Crippen LogP contribution in [-0.2, 0) is 11.3 Å². The minimum atomic E-state index is -0.287. The monoisotopic (exact) mass is 500 g/mol. The van der Waals surface area contributed by atoms with Crippen LogP contribution in [0.5, 0.6) is 5.75 Å². The van der Waals surface area contributed by atoms with Gasteiger partial charge in [0.15, 0.2) is 0 Å². The van der Waals surface area contributed by atoms with Crippen molar-refractivity contribution in [1.82, 2.24) is 14.8 Å². The van der Waals surface area contributed by atoms with Crippen molar-refractivity contribution in [3.05, 3.63) is 101 Å². The predicted octanol–water partition coefficient (Wildman–Crippen LogP) is 4.72. The Morgan fingerprint density at radius 2 is 1.59 bits per heavy atom. The first-order valence-electron chi connectivity index (χ1n) is 13.0. The molecule has 1 atom stereocenters. The maximum atomic E-state index is 13.5. The van der Waals surface area contributed by atoms with Crippen LogP contribution < -0.4 is 4.74 Å². The molecule has 0 saturated carbocycles. The van der Waals surface area contributed by atoms with Crippen molar-refractivity contribution in [2.75, 3.05) is 39.3 Å². The summed E-state index contributed by atoms with van der Waals surface area (Å²) >= 11 is 0. The van der Waals surface area contributed by atoms with Crippen LogP contribution in [0.2, 0.25) is 0 Å². The molecule has 7 heteroatoms. The second-order valence-electron chi connectivity index (χ2n) is 9.55. The summed E-state index contributed by atoms with van der Waals surface area (Å²) in [6.07, 6.45) is 0.580. The molecule has 1 fully saturated rings. The van der Waals surface area contributed by atoms with Gasteiger partial charge in [-0.15, -0.1) is 0 Å². The molecule has 1 amide bonds. The van der Waals surface area contributed by atoms with Crippen molar-refractivity contribution in [3.63, 3.8) is 0 Å². The molecule has 37 heavy (non-hydrogen) atoms. The largest absolute Gasteiger partial charge is 0.494 e. The number of halogens is 1. The minimum Gasteiger partial charge on any atom is -0.494 e. The van der Waals surface area contributed by atoms with Crippen molar-refractivity contribution < 1.29 is 13.9 Å².